The number of aryl methyl sites for hydroxylation is 1. The lowest BCUT2D eigenvalue weighted by Gasteiger charge is -2.25. The van der Waals surface area contributed by atoms with Crippen molar-refractivity contribution >= 4 is 5.97 Å². The number of unbranched alkanes of at least 4 members (excludes halogenated alkanes) is 2. The zero-order valence-corrected chi connectivity index (χ0v) is 15.9. The van der Waals surface area contributed by atoms with E-state index in [1.807, 2.05) is 6.92 Å². The van der Waals surface area contributed by atoms with Crippen LogP contribution in [0, 0.1) is 23.5 Å². The third-order valence-corrected chi connectivity index (χ3v) is 5.07. The monoisotopic (exact) mass is 370 g/mol. The van der Waals surface area contributed by atoms with E-state index in [-0.39, 0.29) is 5.92 Å². The van der Waals surface area contributed by atoms with Crippen molar-refractivity contribution in [2.75, 3.05) is 0 Å². The lowest BCUT2D eigenvalue weighted by atomic mass is 9.80. The van der Waals surface area contributed by atoms with Gasteiger partial charge in [0.2, 0.25) is 5.82 Å². The van der Waals surface area contributed by atoms with E-state index in [1.165, 1.54) is 37.8 Å². The molecule has 148 valence electrons. The number of carboxylic acid groups (broad SMARTS) is 1. The van der Waals surface area contributed by atoms with Gasteiger partial charge in [-0.15, -0.1) is 0 Å². The summed E-state index contributed by atoms with van der Waals surface area (Å²) < 4.78 is 25.6. The van der Waals surface area contributed by atoms with Gasteiger partial charge in [-0.2, -0.15) is 4.39 Å². The Morgan fingerprint density at radius 2 is 1.69 bits per heavy atom. The molecule has 1 aromatic carbocycles. The minimum absolute atomic E-state index is 0.0441. The average molecular weight is 370 g/mol. The van der Waals surface area contributed by atoms with Gasteiger partial charge < -0.3 is 10.2 Å². The van der Waals surface area contributed by atoms with E-state index in [2.05, 4.69) is 6.92 Å². The van der Waals surface area contributed by atoms with Crippen molar-refractivity contribution in [3.05, 3.63) is 29.3 Å². The molecule has 1 saturated carbocycles. The van der Waals surface area contributed by atoms with Crippen LogP contribution in [-0.2, 0) is 11.2 Å². The number of phenolic OH excluding ortho intramolecular Hbond substituents is 1. The molecule has 0 heterocycles. The fourth-order valence-corrected chi connectivity index (χ4v) is 3.42. The number of carbonyl (C=O) groups is 1. The Kier molecular flexibility index (Phi) is 10.2. The summed E-state index contributed by atoms with van der Waals surface area (Å²) in [5, 5.41) is 17.6. The molecule has 0 unspecified atom stereocenters. The van der Waals surface area contributed by atoms with E-state index >= 15 is 0 Å². The first-order valence-electron chi connectivity index (χ1n) is 9.79. The standard InChI is InChI=1S/C12H22O2.C9H10F2O/c1-2-3-4-5-10-6-8-11(9-7-10)12(13)14;1-2-3-6-4-5-7(12)9(11)8(6)10/h10-11H,2-9H2,1H3,(H,13,14);4-5,12H,2-3H2,1H3. The van der Waals surface area contributed by atoms with Crippen molar-refractivity contribution in [2.24, 2.45) is 11.8 Å². The number of hydrogen-bond acceptors (Lipinski definition) is 2. The molecule has 0 atom stereocenters. The van der Waals surface area contributed by atoms with Gasteiger partial charge in [0, 0.05) is 0 Å². The summed E-state index contributed by atoms with van der Waals surface area (Å²) in [4.78, 5) is 10.7. The van der Waals surface area contributed by atoms with Crippen LogP contribution >= 0.6 is 0 Å². The molecule has 0 spiro atoms. The maximum Gasteiger partial charge on any atom is 0.306 e. The second-order valence-electron chi connectivity index (χ2n) is 7.17. The number of aromatic hydroxyl groups is 1. The second-order valence-corrected chi connectivity index (χ2v) is 7.17. The van der Waals surface area contributed by atoms with Gasteiger partial charge in [0.15, 0.2) is 11.6 Å². The van der Waals surface area contributed by atoms with Gasteiger partial charge in [0.05, 0.1) is 5.92 Å². The first-order chi connectivity index (χ1) is 12.4. The molecular weight excluding hydrogens is 338 g/mol. The van der Waals surface area contributed by atoms with E-state index < -0.39 is 23.4 Å². The number of carboxylic acids is 1. The van der Waals surface area contributed by atoms with E-state index in [0.29, 0.717) is 12.0 Å². The fourth-order valence-electron chi connectivity index (χ4n) is 3.42. The van der Waals surface area contributed by atoms with Gasteiger partial charge in [-0.25, -0.2) is 4.39 Å². The predicted molar refractivity (Wildman–Crippen MR) is 99.2 cm³/mol. The lowest BCUT2D eigenvalue weighted by Crippen LogP contribution is -2.21. The van der Waals surface area contributed by atoms with Crippen LogP contribution in [0.3, 0.4) is 0 Å². The van der Waals surface area contributed by atoms with Crippen LogP contribution in [0.25, 0.3) is 0 Å². The molecule has 0 radical (unpaired) electrons. The number of halogens is 2. The molecule has 0 bridgehead atoms. The predicted octanol–water partition coefficient (Wildman–Crippen LogP) is 6.08. The Morgan fingerprint density at radius 1 is 1.04 bits per heavy atom. The number of aliphatic carboxylic acids is 1. The number of hydrogen-bond donors (Lipinski definition) is 2. The molecule has 1 aliphatic carbocycles. The Morgan fingerprint density at radius 3 is 2.23 bits per heavy atom. The Hall–Kier alpha value is -1.65. The van der Waals surface area contributed by atoms with Crippen molar-refractivity contribution in [2.45, 2.75) is 78.1 Å². The van der Waals surface area contributed by atoms with Crippen molar-refractivity contribution in [1.29, 1.82) is 0 Å². The van der Waals surface area contributed by atoms with Crippen LogP contribution in [-0.4, -0.2) is 16.2 Å². The normalized spacial score (nSPS) is 19.5. The van der Waals surface area contributed by atoms with Crippen molar-refractivity contribution in [3.8, 4) is 5.75 Å². The lowest BCUT2D eigenvalue weighted by molar-refractivity contribution is -0.143. The summed E-state index contributed by atoms with van der Waals surface area (Å²) in [6.45, 7) is 4.10. The highest BCUT2D eigenvalue weighted by Crippen LogP contribution is 2.32. The van der Waals surface area contributed by atoms with Gasteiger partial charge in [0.1, 0.15) is 0 Å². The zero-order chi connectivity index (χ0) is 19.5. The fraction of sp³-hybridized carbons (Fsp3) is 0.667. The third-order valence-electron chi connectivity index (χ3n) is 5.07. The van der Waals surface area contributed by atoms with Gasteiger partial charge in [-0.1, -0.05) is 52.0 Å². The summed E-state index contributed by atoms with van der Waals surface area (Å²) >= 11 is 0. The summed E-state index contributed by atoms with van der Waals surface area (Å²) in [6, 6.07) is 2.57. The minimum atomic E-state index is -1.15. The van der Waals surface area contributed by atoms with Crippen LogP contribution < -0.4 is 0 Å². The summed E-state index contributed by atoms with van der Waals surface area (Å²) in [5.74, 6) is -2.53. The molecule has 26 heavy (non-hydrogen) atoms. The number of rotatable bonds is 7. The quantitative estimate of drug-likeness (QED) is 0.572. The smallest absolute Gasteiger partial charge is 0.306 e. The minimum Gasteiger partial charge on any atom is -0.505 e. The molecule has 0 aliphatic heterocycles. The first-order valence-corrected chi connectivity index (χ1v) is 9.79. The number of phenols is 1. The average Bonchev–Trinajstić information content (AvgIpc) is 2.63. The molecule has 3 nitrogen and oxygen atoms in total. The summed E-state index contributed by atoms with van der Waals surface area (Å²) in [6.07, 6.45) is 10.6. The Labute approximate surface area is 155 Å². The molecular formula is C21H32F2O3. The van der Waals surface area contributed by atoms with Gasteiger partial charge in [0.25, 0.3) is 0 Å². The van der Waals surface area contributed by atoms with Crippen LogP contribution in [0.4, 0.5) is 8.78 Å². The van der Waals surface area contributed by atoms with Crippen LogP contribution in [0.2, 0.25) is 0 Å². The second kappa shape index (κ2) is 11.9. The maximum absolute atomic E-state index is 12.9. The molecule has 0 amide bonds. The van der Waals surface area contributed by atoms with Gasteiger partial charge in [-0.3, -0.25) is 4.79 Å². The molecule has 5 heteroatoms. The van der Waals surface area contributed by atoms with E-state index in [4.69, 9.17) is 10.2 Å². The van der Waals surface area contributed by atoms with Crippen LogP contribution in [0.1, 0.15) is 77.2 Å². The molecule has 1 fully saturated rings. The van der Waals surface area contributed by atoms with Crippen LogP contribution in [0.5, 0.6) is 5.75 Å². The highest BCUT2D eigenvalue weighted by molar-refractivity contribution is 5.69. The van der Waals surface area contributed by atoms with E-state index in [0.717, 1.165) is 38.0 Å². The molecule has 2 rings (SSSR count). The maximum atomic E-state index is 12.9. The van der Waals surface area contributed by atoms with Crippen LogP contribution in [0.15, 0.2) is 12.1 Å². The largest absolute Gasteiger partial charge is 0.505 e. The molecule has 1 aliphatic rings. The highest BCUT2D eigenvalue weighted by atomic mass is 19.2. The summed E-state index contributed by atoms with van der Waals surface area (Å²) in [7, 11) is 0. The van der Waals surface area contributed by atoms with Crippen molar-refractivity contribution in [3.63, 3.8) is 0 Å². The van der Waals surface area contributed by atoms with E-state index in [9.17, 15) is 13.6 Å². The van der Waals surface area contributed by atoms with Gasteiger partial charge in [-0.05, 0) is 49.7 Å². The van der Waals surface area contributed by atoms with Gasteiger partial charge >= 0.3 is 5.97 Å². The third kappa shape index (κ3) is 7.30. The Bertz CT molecular complexity index is 552. The highest BCUT2D eigenvalue weighted by Gasteiger charge is 2.25. The molecule has 1 aromatic rings. The van der Waals surface area contributed by atoms with Crippen molar-refractivity contribution < 1.29 is 23.8 Å². The first kappa shape index (κ1) is 22.4. The number of benzene rings is 1. The molecule has 0 saturated heterocycles. The summed E-state index contributed by atoms with van der Waals surface area (Å²) in [5.41, 5.74) is 0.313. The van der Waals surface area contributed by atoms with Crippen molar-refractivity contribution in [1.82, 2.24) is 0 Å². The molecule has 2 N–H and O–H groups in total. The SMILES string of the molecule is CCCCCC1CCC(C(=O)O)CC1.CCCc1ccc(O)c(F)c1F. The Balaban J connectivity index is 0.000000263. The zero-order valence-electron chi connectivity index (χ0n) is 15.9. The molecule has 0 aromatic heterocycles. The van der Waals surface area contributed by atoms with E-state index in [1.54, 1.807) is 0 Å². The topological polar surface area (TPSA) is 57.5 Å².